The van der Waals surface area contributed by atoms with Gasteiger partial charge in [-0.05, 0) is 25.0 Å². The van der Waals surface area contributed by atoms with Crippen LogP contribution in [0.3, 0.4) is 0 Å². The zero-order valence-corrected chi connectivity index (χ0v) is 8.12. The number of anilines is 1. The largest absolute Gasteiger partial charge is 0.488 e. The highest BCUT2D eigenvalue weighted by atomic mass is 16.5. The second-order valence-corrected chi connectivity index (χ2v) is 3.99. The maximum Gasteiger partial charge on any atom is 0.169 e. The molecule has 2 heterocycles. The molecule has 0 spiro atoms. The van der Waals surface area contributed by atoms with Gasteiger partial charge in [0.25, 0.3) is 0 Å². The minimum atomic E-state index is 0.698. The molecule has 1 fully saturated rings. The number of hydrogen-bond donors (Lipinski definition) is 1. The number of hydrogen-bond acceptors (Lipinski definition) is 3. The van der Waals surface area contributed by atoms with Gasteiger partial charge in [0.1, 0.15) is 6.61 Å². The van der Waals surface area contributed by atoms with Gasteiger partial charge in [-0.2, -0.15) is 0 Å². The molecule has 14 heavy (non-hydrogen) atoms. The van der Waals surface area contributed by atoms with Gasteiger partial charge < -0.3 is 10.1 Å². The fourth-order valence-electron chi connectivity index (χ4n) is 1.97. The van der Waals surface area contributed by atoms with Gasteiger partial charge in [0.05, 0.1) is 6.54 Å². The van der Waals surface area contributed by atoms with Crippen LogP contribution in [0.5, 0.6) is 5.75 Å². The zero-order valence-electron chi connectivity index (χ0n) is 8.12. The molecule has 74 valence electrons. The third-order valence-corrected chi connectivity index (χ3v) is 3.06. The normalized spacial score (nSPS) is 20.3. The smallest absolute Gasteiger partial charge is 0.169 e. The van der Waals surface area contributed by atoms with E-state index in [0.717, 1.165) is 24.7 Å². The Balaban J connectivity index is 1.92. The molecule has 3 nitrogen and oxygen atoms in total. The lowest BCUT2D eigenvalue weighted by Crippen LogP contribution is -2.20. The molecule has 1 aromatic heterocycles. The summed E-state index contributed by atoms with van der Waals surface area (Å²) in [6.07, 6.45) is 3.95. The summed E-state index contributed by atoms with van der Waals surface area (Å²) >= 11 is 0. The van der Waals surface area contributed by atoms with Gasteiger partial charge in [-0.15, -0.1) is 0 Å². The van der Waals surface area contributed by atoms with Crippen molar-refractivity contribution in [1.29, 1.82) is 0 Å². The Labute approximate surface area is 83.5 Å². The van der Waals surface area contributed by atoms with Crippen molar-refractivity contribution in [1.82, 2.24) is 4.98 Å². The van der Waals surface area contributed by atoms with Crippen LogP contribution in [0.25, 0.3) is 0 Å². The topological polar surface area (TPSA) is 34.2 Å². The first kappa shape index (κ1) is 8.09. The first-order chi connectivity index (χ1) is 6.93. The van der Waals surface area contributed by atoms with E-state index in [2.05, 4.69) is 16.4 Å². The molecule has 1 aromatic rings. The van der Waals surface area contributed by atoms with Gasteiger partial charge in [-0.3, -0.25) is 0 Å². The van der Waals surface area contributed by atoms with Crippen molar-refractivity contribution in [2.45, 2.75) is 25.2 Å². The van der Waals surface area contributed by atoms with Crippen molar-refractivity contribution in [3.05, 3.63) is 17.8 Å². The van der Waals surface area contributed by atoms with Crippen LogP contribution in [-0.4, -0.2) is 18.1 Å². The molecule has 0 radical (unpaired) electrons. The summed E-state index contributed by atoms with van der Waals surface area (Å²) in [5.74, 6) is 2.53. The van der Waals surface area contributed by atoms with Crippen molar-refractivity contribution in [3.63, 3.8) is 0 Å². The van der Waals surface area contributed by atoms with E-state index in [1.54, 1.807) is 0 Å². The maximum atomic E-state index is 5.48. The van der Waals surface area contributed by atoms with Crippen molar-refractivity contribution in [3.8, 4) is 5.75 Å². The predicted molar refractivity (Wildman–Crippen MR) is 54.8 cm³/mol. The number of ether oxygens (including phenoxy) is 1. The van der Waals surface area contributed by atoms with Gasteiger partial charge in [0.15, 0.2) is 11.6 Å². The number of rotatable bonds is 1. The summed E-state index contributed by atoms with van der Waals surface area (Å²) in [6, 6.07) is 4.15. The van der Waals surface area contributed by atoms with E-state index < -0.39 is 0 Å². The Kier molecular flexibility index (Phi) is 1.82. The van der Waals surface area contributed by atoms with Crippen LogP contribution in [0.1, 0.15) is 30.9 Å². The Morgan fingerprint density at radius 2 is 2.29 bits per heavy atom. The van der Waals surface area contributed by atoms with Gasteiger partial charge in [0.2, 0.25) is 0 Å². The molecule has 0 saturated heterocycles. The van der Waals surface area contributed by atoms with Gasteiger partial charge in [0, 0.05) is 11.6 Å². The molecule has 1 aliphatic heterocycles. The average molecular weight is 190 g/mol. The molecular weight excluding hydrogens is 176 g/mol. The summed E-state index contributed by atoms with van der Waals surface area (Å²) in [6.45, 7) is 1.62. The van der Waals surface area contributed by atoms with Gasteiger partial charge >= 0.3 is 0 Å². The van der Waals surface area contributed by atoms with E-state index >= 15 is 0 Å². The number of nitrogens with one attached hydrogen (secondary N) is 1. The number of pyridine rings is 1. The first-order valence-corrected chi connectivity index (χ1v) is 5.31. The van der Waals surface area contributed by atoms with Crippen LogP contribution in [0.15, 0.2) is 12.1 Å². The monoisotopic (exact) mass is 190 g/mol. The molecule has 2 aliphatic rings. The van der Waals surface area contributed by atoms with Crippen LogP contribution >= 0.6 is 0 Å². The second-order valence-electron chi connectivity index (χ2n) is 3.99. The number of fused-ring (bicyclic) bond motifs is 1. The van der Waals surface area contributed by atoms with E-state index in [0.29, 0.717) is 5.92 Å². The maximum absolute atomic E-state index is 5.48. The SMILES string of the molecule is c1cc2c(nc1C1CCC1)NCCO2. The molecule has 0 amide bonds. The summed E-state index contributed by atoms with van der Waals surface area (Å²) in [5, 5.41) is 3.27. The minimum Gasteiger partial charge on any atom is -0.488 e. The fourth-order valence-corrected chi connectivity index (χ4v) is 1.97. The molecular formula is C11H14N2O. The molecule has 3 rings (SSSR count). The highest BCUT2D eigenvalue weighted by molar-refractivity contribution is 5.52. The Morgan fingerprint density at radius 1 is 1.36 bits per heavy atom. The molecule has 0 atom stereocenters. The molecule has 0 aromatic carbocycles. The Hall–Kier alpha value is -1.25. The standard InChI is InChI=1S/C11H14N2O/c1-2-8(3-1)9-4-5-10-11(13-9)12-6-7-14-10/h4-5,8H,1-3,6-7H2,(H,12,13). The quantitative estimate of drug-likeness (QED) is 0.736. The van der Waals surface area contributed by atoms with Crippen LogP contribution in [0.4, 0.5) is 5.82 Å². The summed E-state index contributed by atoms with van der Waals surface area (Å²) in [7, 11) is 0. The lowest BCUT2D eigenvalue weighted by atomic mass is 9.83. The third-order valence-electron chi connectivity index (χ3n) is 3.06. The molecule has 1 N–H and O–H groups in total. The summed E-state index contributed by atoms with van der Waals surface area (Å²) < 4.78 is 5.48. The predicted octanol–water partition coefficient (Wildman–Crippen LogP) is 2.15. The van der Waals surface area contributed by atoms with Crippen molar-refractivity contribution < 1.29 is 4.74 Å². The summed E-state index contributed by atoms with van der Waals surface area (Å²) in [4.78, 5) is 4.60. The molecule has 0 bridgehead atoms. The van der Waals surface area contributed by atoms with E-state index in [4.69, 9.17) is 4.74 Å². The fraction of sp³-hybridized carbons (Fsp3) is 0.545. The van der Waals surface area contributed by atoms with Gasteiger partial charge in [-0.25, -0.2) is 4.98 Å². The highest BCUT2D eigenvalue weighted by Gasteiger charge is 2.22. The molecule has 1 aliphatic carbocycles. The molecule has 1 saturated carbocycles. The number of aromatic nitrogens is 1. The van der Waals surface area contributed by atoms with Crippen LogP contribution in [-0.2, 0) is 0 Å². The van der Waals surface area contributed by atoms with E-state index in [1.165, 1.54) is 25.0 Å². The van der Waals surface area contributed by atoms with Crippen molar-refractivity contribution in [2.75, 3.05) is 18.5 Å². The van der Waals surface area contributed by atoms with Crippen molar-refractivity contribution in [2.24, 2.45) is 0 Å². The molecule has 3 heteroatoms. The number of nitrogens with zero attached hydrogens (tertiary/aromatic N) is 1. The van der Waals surface area contributed by atoms with Crippen LogP contribution in [0.2, 0.25) is 0 Å². The minimum absolute atomic E-state index is 0.698. The second kappa shape index (κ2) is 3.15. The summed E-state index contributed by atoms with van der Waals surface area (Å²) in [5.41, 5.74) is 1.23. The van der Waals surface area contributed by atoms with E-state index in [1.807, 2.05) is 6.07 Å². The van der Waals surface area contributed by atoms with Crippen LogP contribution < -0.4 is 10.1 Å². The molecule has 0 unspecified atom stereocenters. The zero-order chi connectivity index (χ0) is 9.38. The Bertz CT molecular complexity index is 347. The first-order valence-electron chi connectivity index (χ1n) is 5.31. The lowest BCUT2D eigenvalue weighted by Gasteiger charge is -2.26. The van der Waals surface area contributed by atoms with Crippen LogP contribution in [0, 0.1) is 0 Å². The van der Waals surface area contributed by atoms with E-state index in [-0.39, 0.29) is 0 Å². The van der Waals surface area contributed by atoms with E-state index in [9.17, 15) is 0 Å². The van der Waals surface area contributed by atoms with Crippen molar-refractivity contribution >= 4 is 5.82 Å². The van der Waals surface area contributed by atoms with Gasteiger partial charge in [-0.1, -0.05) is 6.42 Å². The average Bonchev–Trinajstić information content (AvgIpc) is 2.15. The lowest BCUT2D eigenvalue weighted by molar-refractivity contribution is 0.320. The third kappa shape index (κ3) is 1.24. The Morgan fingerprint density at radius 3 is 3.07 bits per heavy atom. The highest BCUT2D eigenvalue weighted by Crippen LogP contribution is 2.37.